The molecular weight excluding hydrogens is 310 g/mol. The van der Waals surface area contributed by atoms with Gasteiger partial charge in [-0.05, 0) is 13.0 Å². The number of hydrogen-bond donors (Lipinski definition) is 0. The molecule has 0 saturated carbocycles. The Bertz CT molecular complexity index is 851. The van der Waals surface area contributed by atoms with E-state index in [0.29, 0.717) is 23.0 Å². The largest absolute Gasteiger partial charge is 0.481 e. The Morgan fingerprint density at radius 1 is 1.29 bits per heavy atom. The van der Waals surface area contributed by atoms with Crippen LogP contribution in [0.4, 0.5) is 0 Å². The quantitative estimate of drug-likeness (QED) is 0.665. The topological polar surface area (TPSA) is 84.1 Å². The monoisotopic (exact) mass is 327 g/mol. The number of carbonyl (C=O) groups excluding carboxylic acids is 1. The Balaban J connectivity index is 2.09. The van der Waals surface area contributed by atoms with Gasteiger partial charge in [0.2, 0.25) is 5.88 Å². The van der Waals surface area contributed by atoms with Crippen molar-refractivity contribution in [3.05, 3.63) is 42.6 Å². The van der Waals surface area contributed by atoms with Gasteiger partial charge in [-0.1, -0.05) is 0 Å². The third-order valence-electron chi connectivity index (χ3n) is 3.34. The van der Waals surface area contributed by atoms with E-state index in [0.717, 1.165) is 0 Å². The Morgan fingerprint density at radius 3 is 2.71 bits per heavy atom. The number of hydrogen-bond acceptors (Lipinski definition) is 6. The van der Waals surface area contributed by atoms with Crippen molar-refractivity contribution in [2.45, 2.75) is 6.92 Å². The number of rotatable bonds is 5. The van der Waals surface area contributed by atoms with E-state index in [1.165, 1.54) is 0 Å². The van der Waals surface area contributed by atoms with E-state index in [9.17, 15) is 4.79 Å². The number of esters is 1. The van der Waals surface area contributed by atoms with Crippen molar-refractivity contribution in [2.75, 3.05) is 13.7 Å². The highest BCUT2D eigenvalue weighted by molar-refractivity contribution is 5.88. The van der Waals surface area contributed by atoms with E-state index in [-0.39, 0.29) is 12.3 Å². The van der Waals surface area contributed by atoms with E-state index in [1.54, 1.807) is 49.4 Å². The summed E-state index contributed by atoms with van der Waals surface area (Å²) in [4.78, 5) is 20.5. The second kappa shape index (κ2) is 6.53. The highest BCUT2D eigenvalue weighted by atomic mass is 16.5. The summed E-state index contributed by atoms with van der Waals surface area (Å²) in [7, 11) is 3.42. The predicted molar refractivity (Wildman–Crippen MR) is 86.1 cm³/mol. The van der Waals surface area contributed by atoms with Crippen LogP contribution in [0.5, 0.6) is 5.88 Å². The Kier molecular flexibility index (Phi) is 4.28. The first-order valence-electron chi connectivity index (χ1n) is 7.38. The zero-order valence-electron chi connectivity index (χ0n) is 13.6. The highest BCUT2D eigenvalue weighted by Gasteiger charge is 2.19. The number of ether oxygens (including phenoxy) is 2. The third-order valence-corrected chi connectivity index (χ3v) is 3.34. The number of aromatic nitrogens is 5. The fourth-order valence-electron chi connectivity index (χ4n) is 2.23. The van der Waals surface area contributed by atoms with Crippen LogP contribution < -0.4 is 4.74 Å². The van der Waals surface area contributed by atoms with Gasteiger partial charge < -0.3 is 14.0 Å². The van der Waals surface area contributed by atoms with Gasteiger partial charge in [-0.15, -0.1) is 0 Å². The molecule has 0 aliphatic rings. The molecule has 0 atom stereocenters. The lowest BCUT2D eigenvalue weighted by molar-refractivity contribution is 0.0519. The number of carbonyl (C=O) groups is 1. The van der Waals surface area contributed by atoms with Crippen molar-refractivity contribution in [2.24, 2.45) is 7.05 Å². The maximum atomic E-state index is 12.0. The van der Waals surface area contributed by atoms with Crippen LogP contribution in [-0.2, 0) is 11.8 Å². The Hall–Kier alpha value is -3.16. The Morgan fingerprint density at radius 2 is 2.12 bits per heavy atom. The second-order valence-electron chi connectivity index (χ2n) is 5.03. The molecule has 0 aliphatic heterocycles. The summed E-state index contributed by atoms with van der Waals surface area (Å²) in [6, 6.07) is 5.19. The van der Waals surface area contributed by atoms with Gasteiger partial charge in [0.15, 0.2) is 5.69 Å². The SMILES string of the molecule is CCOC(=O)c1cc(-c2cn(C)cn2)n(-c2ccc(OC)nc2)n1. The molecule has 124 valence electrons. The molecule has 0 amide bonds. The molecular formula is C16H17N5O3. The summed E-state index contributed by atoms with van der Waals surface area (Å²) in [6.07, 6.45) is 5.15. The zero-order chi connectivity index (χ0) is 17.1. The van der Waals surface area contributed by atoms with Gasteiger partial charge in [-0.2, -0.15) is 5.10 Å². The average Bonchev–Trinajstić information content (AvgIpc) is 3.21. The number of nitrogens with zero attached hydrogens (tertiary/aromatic N) is 5. The summed E-state index contributed by atoms with van der Waals surface area (Å²) in [5.41, 5.74) is 2.27. The van der Waals surface area contributed by atoms with Gasteiger partial charge in [-0.25, -0.2) is 19.4 Å². The summed E-state index contributed by atoms with van der Waals surface area (Å²) in [5.74, 6) is 0.0193. The van der Waals surface area contributed by atoms with E-state index in [4.69, 9.17) is 9.47 Å². The molecule has 3 heterocycles. The first-order chi connectivity index (χ1) is 11.6. The highest BCUT2D eigenvalue weighted by Crippen LogP contribution is 2.23. The molecule has 8 nitrogen and oxygen atoms in total. The van der Waals surface area contributed by atoms with Gasteiger partial charge in [0, 0.05) is 25.4 Å². The van der Waals surface area contributed by atoms with E-state index < -0.39 is 5.97 Å². The van der Waals surface area contributed by atoms with Crippen molar-refractivity contribution in [3.8, 4) is 23.0 Å². The van der Waals surface area contributed by atoms with Crippen LogP contribution in [0.2, 0.25) is 0 Å². The van der Waals surface area contributed by atoms with Crippen molar-refractivity contribution in [1.29, 1.82) is 0 Å². The van der Waals surface area contributed by atoms with Gasteiger partial charge in [0.1, 0.15) is 5.69 Å². The van der Waals surface area contributed by atoms with E-state index in [2.05, 4.69) is 15.1 Å². The summed E-state index contributed by atoms with van der Waals surface area (Å²) in [6.45, 7) is 2.04. The third kappa shape index (κ3) is 2.98. The average molecular weight is 327 g/mol. The van der Waals surface area contributed by atoms with Gasteiger partial charge in [0.25, 0.3) is 0 Å². The normalized spacial score (nSPS) is 10.6. The minimum Gasteiger partial charge on any atom is -0.481 e. The molecule has 0 aromatic carbocycles. The van der Waals surface area contributed by atoms with Crippen molar-refractivity contribution < 1.29 is 14.3 Å². The molecule has 24 heavy (non-hydrogen) atoms. The lowest BCUT2D eigenvalue weighted by Gasteiger charge is -2.06. The maximum Gasteiger partial charge on any atom is 0.358 e. The van der Waals surface area contributed by atoms with Gasteiger partial charge >= 0.3 is 5.97 Å². The smallest absolute Gasteiger partial charge is 0.358 e. The van der Waals surface area contributed by atoms with Crippen LogP contribution >= 0.6 is 0 Å². The fourth-order valence-corrected chi connectivity index (χ4v) is 2.23. The Labute approximate surface area is 138 Å². The lowest BCUT2D eigenvalue weighted by Crippen LogP contribution is -2.07. The lowest BCUT2D eigenvalue weighted by atomic mass is 10.3. The van der Waals surface area contributed by atoms with Crippen molar-refractivity contribution in [3.63, 3.8) is 0 Å². The fraction of sp³-hybridized carbons (Fsp3) is 0.250. The van der Waals surface area contributed by atoms with Crippen LogP contribution in [-0.4, -0.2) is 44.0 Å². The summed E-state index contributed by atoms with van der Waals surface area (Å²) >= 11 is 0. The van der Waals surface area contributed by atoms with Gasteiger partial charge in [-0.3, -0.25) is 0 Å². The molecule has 0 spiro atoms. The first-order valence-corrected chi connectivity index (χ1v) is 7.38. The number of pyridine rings is 1. The predicted octanol–water partition coefficient (Wildman–Crippen LogP) is 1.85. The van der Waals surface area contributed by atoms with E-state index >= 15 is 0 Å². The molecule has 3 rings (SSSR count). The minimum atomic E-state index is -0.477. The zero-order valence-corrected chi connectivity index (χ0v) is 13.6. The van der Waals surface area contributed by atoms with Crippen LogP contribution in [0.1, 0.15) is 17.4 Å². The molecule has 0 fully saturated rings. The number of methoxy groups -OCH3 is 1. The summed E-state index contributed by atoms with van der Waals surface area (Å²) < 4.78 is 13.5. The number of aryl methyl sites for hydroxylation is 1. The van der Waals surface area contributed by atoms with Crippen LogP contribution in [0.25, 0.3) is 17.1 Å². The molecule has 0 saturated heterocycles. The van der Waals surface area contributed by atoms with Crippen LogP contribution in [0.15, 0.2) is 36.9 Å². The first kappa shape index (κ1) is 15.7. The molecule has 8 heteroatoms. The van der Waals surface area contributed by atoms with Gasteiger partial charge in [0.05, 0.1) is 37.6 Å². The van der Waals surface area contributed by atoms with Crippen molar-refractivity contribution in [1.82, 2.24) is 24.3 Å². The summed E-state index contributed by atoms with van der Waals surface area (Å²) in [5, 5.41) is 4.35. The van der Waals surface area contributed by atoms with Crippen molar-refractivity contribution >= 4 is 5.97 Å². The van der Waals surface area contributed by atoms with E-state index in [1.807, 2.05) is 17.8 Å². The molecule has 0 aliphatic carbocycles. The van der Waals surface area contributed by atoms with Crippen LogP contribution in [0, 0.1) is 0 Å². The molecule has 0 N–H and O–H groups in total. The second-order valence-corrected chi connectivity index (χ2v) is 5.03. The van der Waals surface area contributed by atoms with Crippen LogP contribution in [0.3, 0.4) is 0 Å². The maximum absolute atomic E-state index is 12.0. The molecule has 0 unspecified atom stereocenters. The molecule has 0 bridgehead atoms. The molecule has 3 aromatic rings. The molecule has 3 aromatic heterocycles. The molecule has 0 radical (unpaired) electrons. The minimum absolute atomic E-state index is 0.216. The standard InChI is InChI=1S/C16H17N5O3/c1-4-24-16(22)12-7-14(13-9-20(2)10-18-13)21(19-12)11-5-6-15(23-3)17-8-11/h5-10H,4H2,1-3H3. The number of imidazole rings is 1.